The molecule has 7 aromatic rings. The molecule has 6 aromatic carbocycles. The molecule has 0 spiro atoms. The molecule has 0 saturated heterocycles. The first-order valence-corrected chi connectivity index (χ1v) is 26.2. The lowest BCUT2D eigenvalue weighted by atomic mass is 10.0. The Labute approximate surface area is 381 Å². The summed E-state index contributed by atoms with van der Waals surface area (Å²) in [6, 6.07) is 57.0. The number of carboxylic acid groups (broad SMARTS) is 1. The summed E-state index contributed by atoms with van der Waals surface area (Å²) in [6.07, 6.45) is 2.99. The normalized spacial score (nSPS) is 13.7. The molecule has 5 nitrogen and oxygen atoms in total. The average molecular weight is 888 g/mol. The SMILES string of the molecule is CC(C)n1c(C=C[C@@H](C[C@@H](CC(=O)O)O[Si](c2ccccc2)(c2ccccc2)C(C)(C)C)O[Si](c2ccccc2)(c2ccccc2)C(C)(C)C)c(-c2ccc(F)cc2)c2ccccc21. The number of aliphatic carboxylic acids is 1. The lowest BCUT2D eigenvalue weighted by molar-refractivity contribution is -0.139. The van der Waals surface area contributed by atoms with Crippen LogP contribution in [0, 0.1) is 5.82 Å². The van der Waals surface area contributed by atoms with E-state index in [2.05, 4.69) is 163 Å². The van der Waals surface area contributed by atoms with E-state index < -0.39 is 34.8 Å². The number of nitrogens with zero attached hydrogens (tertiary/aromatic N) is 1. The molecule has 0 fully saturated rings. The van der Waals surface area contributed by atoms with E-state index in [9.17, 15) is 14.3 Å². The quantitative estimate of drug-likeness (QED) is 0.0982. The number of para-hydroxylation sites is 1. The van der Waals surface area contributed by atoms with Crippen LogP contribution in [0.15, 0.2) is 176 Å². The molecule has 1 aromatic heterocycles. The molecule has 0 aliphatic heterocycles. The minimum absolute atomic E-state index is 0.0769. The molecule has 0 saturated carbocycles. The molecule has 330 valence electrons. The van der Waals surface area contributed by atoms with Crippen LogP contribution < -0.4 is 20.7 Å². The Kier molecular flexibility index (Phi) is 13.9. The molecular weight excluding hydrogens is 826 g/mol. The van der Waals surface area contributed by atoms with Crippen molar-refractivity contribution in [2.45, 2.75) is 96.6 Å². The van der Waals surface area contributed by atoms with Crippen LogP contribution in [0.2, 0.25) is 10.1 Å². The van der Waals surface area contributed by atoms with Crippen LogP contribution in [-0.4, -0.2) is 44.5 Å². The lowest BCUT2D eigenvalue weighted by Gasteiger charge is -2.47. The number of carbonyl (C=O) groups is 1. The van der Waals surface area contributed by atoms with Crippen LogP contribution in [-0.2, 0) is 13.6 Å². The van der Waals surface area contributed by atoms with Gasteiger partial charge in [0.05, 0.1) is 18.6 Å². The fourth-order valence-electron chi connectivity index (χ4n) is 9.77. The van der Waals surface area contributed by atoms with Gasteiger partial charge in [0, 0.05) is 34.6 Å². The van der Waals surface area contributed by atoms with Crippen molar-refractivity contribution in [1.82, 2.24) is 4.57 Å². The third kappa shape index (κ3) is 9.29. The summed E-state index contributed by atoms with van der Waals surface area (Å²) in [5.74, 6) is -1.23. The number of rotatable bonds is 16. The minimum atomic E-state index is -3.23. The zero-order chi connectivity index (χ0) is 45.7. The van der Waals surface area contributed by atoms with Gasteiger partial charge in [0.15, 0.2) is 0 Å². The molecule has 0 bridgehead atoms. The molecule has 0 aliphatic rings. The Hall–Kier alpha value is -5.65. The van der Waals surface area contributed by atoms with Crippen molar-refractivity contribution in [2.24, 2.45) is 0 Å². The average Bonchev–Trinajstić information content (AvgIpc) is 3.61. The molecular formula is C56H62FNO4Si2. The van der Waals surface area contributed by atoms with Crippen molar-refractivity contribution >= 4 is 60.3 Å². The topological polar surface area (TPSA) is 60.7 Å². The molecule has 0 unspecified atom stereocenters. The van der Waals surface area contributed by atoms with Gasteiger partial charge in [-0.15, -0.1) is 0 Å². The van der Waals surface area contributed by atoms with Gasteiger partial charge in [0.2, 0.25) is 0 Å². The Balaban J connectivity index is 1.48. The third-order valence-corrected chi connectivity index (χ3v) is 22.6. The van der Waals surface area contributed by atoms with Gasteiger partial charge in [0.1, 0.15) is 5.82 Å². The van der Waals surface area contributed by atoms with Crippen molar-refractivity contribution in [3.8, 4) is 11.1 Å². The van der Waals surface area contributed by atoms with Gasteiger partial charge in [-0.05, 0) is 74.5 Å². The van der Waals surface area contributed by atoms with Crippen LogP contribution in [0.1, 0.15) is 80.0 Å². The van der Waals surface area contributed by atoms with Gasteiger partial charge in [0.25, 0.3) is 16.6 Å². The minimum Gasteiger partial charge on any atom is -0.481 e. The summed E-state index contributed by atoms with van der Waals surface area (Å²) in [4.78, 5) is 13.2. The van der Waals surface area contributed by atoms with Gasteiger partial charge >= 0.3 is 5.97 Å². The van der Waals surface area contributed by atoms with Crippen LogP contribution in [0.3, 0.4) is 0 Å². The molecule has 0 radical (unpaired) electrons. The maximum Gasteiger partial charge on any atom is 0.305 e. The number of fused-ring (bicyclic) bond motifs is 1. The van der Waals surface area contributed by atoms with Crippen molar-refractivity contribution in [1.29, 1.82) is 0 Å². The lowest BCUT2D eigenvalue weighted by Crippen LogP contribution is -2.69. The van der Waals surface area contributed by atoms with Crippen LogP contribution >= 0.6 is 0 Å². The smallest absolute Gasteiger partial charge is 0.305 e. The van der Waals surface area contributed by atoms with Crippen molar-refractivity contribution in [3.05, 3.63) is 187 Å². The first-order chi connectivity index (χ1) is 30.6. The number of carboxylic acids is 1. The Morgan fingerprint density at radius 1 is 0.625 bits per heavy atom. The number of hydrogen-bond donors (Lipinski definition) is 1. The monoisotopic (exact) mass is 887 g/mol. The first kappa shape index (κ1) is 46.3. The summed E-state index contributed by atoms with van der Waals surface area (Å²) in [5, 5.41) is 15.5. The van der Waals surface area contributed by atoms with E-state index in [4.69, 9.17) is 8.85 Å². The Morgan fingerprint density at radius 3 is 1.47 bits per heavy atom. The Morgan fingerprint density at radius 2 is 1.05 bits per heavy atom. The number of aromatic nitrogens is 1. The zero-order valence-corrected chi connectivity index (χ0v) is 40.5. The van der Waals surface area contributed by atoms with E-state index in [-0.39, 0.29) is 34.8 Å². The molecule has 1 N–H and O–H groups in total. The van der Waals surface area contributed by atoms with E-state index in [0.29, 0.717) is 0 Å². The number of hydrogen-bond acceptors (Lipinski definition) is 3. The van der Waals surface area contributed by atoms with E-state index in [1.165, 1.54) is 12.1 Å². The van der Waals surface area contributed by atoms with Crippen molar-refractivity contribution in [2.75, 3.05) is 0 Å². The fourth-order valence-corrected chi connectivity index (χ4v) is 19.1. The number of benzene rings is 6. The summed E-state index contributed by atoms with van der Waals surface area (Å²) in [5.41, 5.74) is 3.93. The van der Waals surface area contributed by atoms with Gasteiger partial charge in [-0.25, -0.2) is 4.39 Å². The van der Waals surface area contributed by atoms with Crippen molar-refractivity contribution < 1.29 is 23.1 Å². The largest absolute Gasteiger partial charge is 0.481 e. The van der Waals surface area contributed by atoms with E-state index in [1.807, 2.05) is 66.7 Å². The fraction of sp³-hybridized carbons (Fsp3) is 0.268. The second-order valence-corrected chi connectivity index (χ2v) is 27.7. The van der Waals surface area contributed by atoms with Gasteiger partial charge in [-0.1, -0.05) is 199 Å². The van der Waals surface area contributed by atoms with E-state index in [1.54, 1.807) is 0 Å². The summed E-state index contributed by atoms with van der Waals surface area (Å²) >= 11 is 0. The highest BCUT2D eigenvalue weighted by Gasteiger charge is 2.54. The molecule has 2 atom stereocenters. The standard InChI is InChI=1S/C56H62FNO4Si2/c1-41(2)58-51-32-22-21-31-50(51)54(42-33-35-43(57)36-34-42)52(58)38-37-44(61-63(55(3,4)5,46-23-13-9-14-24-46)47-25-15-10-16-26-47)39-45(40-53(59)60)62-64(56(6,7)8,48-27-17-11-18-28-48)49-29-19-12-20-30-49/h9-38,41,44-45H,39-40H2,1-8H3,(H,59,60)/t44-,45-/m0/s1. The summed E-state index contributed by atoms with van der Waals surface area (Å²) in [7, 11) is -6.45. The number of halogens is 1. The highest BCUT2D eigenvalue weighted by atomic mass is 28.4. The first-order valence-electron chi connectivity index (χ1n) is 22.4. The van der Waals surface area contributed by atoms with E-state index in [0.717, 1.165) is 48.5 Å². The Bertz CT molecular complexity index is 2570. The van der Waals surface area contributed by atoms with Crippen molar-refractivity contribution in [3.63, 3.8) is 0 Å². The molecule has 1 heterocycles. The highest BCUT2D eigenvalue weighted by Crippen LogP contribution is 2.42. The zero-order valence-electron chi connectivity index (χ0n) is 38.5. The van der Waals surface area contributed by atoms with Crippen LogP contribution in [0.25, 0.3) is 28.1 Å². The predicted octanol–water partition coefficient (Wildman–Crippen LogP) is 11.8. The maximum atomic E-state index is 14.5. The van der Waals surface area contributed by atoms with Gasteiger partial charge in [-0.2, -0.15) is 0 Å². The molecule has 8 heteroatoms. The van der Waals surface area contributed by atoms with Gasteiger partial charge in [-0.3, -0.25) is 4.79 Å². The molecule has 0 amide bonds. The predicted molar refractivity (Wildman–Crippen MR) is 269 cm³/mol. The van der Waals surface area contributed by atoms with Crippen LogP contribution in [0.4, 0.5) is 4.39 Å². The molecule has 7 rings (SSSR count). The molecule has 0 aliphatic carbocycles. The second kappa shape index (κ2) is 19.2. The summed E-state index contributed by atoms with van der Waals surface area (Å²) in [6.45, 7) is 17.8. The van der Waals surface area contributed by atoms with Gasteiger partial charge < -0.3 is 18.5 Å². The maximum absolute atomic E-state index is 14.5. The van der Waals surface area contributed by atoms with E-state index >= 15 is 0 Å². The highest BCUT2D eigenvalue weighted by molar-refractivity contribution is 7.00. The van der Waals surface area contributed by atoms with Crippen LogP contribution in [0.5, 0.6) is 0 Å². The third-order valence-electron chi connectivity index (χ3n) is 12.5. The molecule has 64 heavy (non-hydrogen) atoms. The summed E-state index contributed by atoms with van der Waals surface area (Å²) < 4.78 is 32.5. The second-order valence-electron chi connectivity index (χ2n) is 19.2.